The van der Waals surface area contributed by atoms with Crippen molar-refractivity contribution in [1.29, 1.82) is 0 Å². The summed E-state index contributed by atoms with van der Waals surface area (Å²) >= 11 is 8.24. The topological polar surface area (TPSA) is 546 Å². The van der Waals surface area contributed by atoms with Gasteiger partial charge in [0.05, 0.1) is 25.3 Å². The lowest BCUT2D eigenvalue weighted by molar-refractivity contribution is -0.149. The Morgan fingerprint density at radius 2 is 1.08 bits per heavy atom. The van der Waals surface area contributed by atoms with Gasteiger partial charge >= 0.3 is 5.97 Å². The molecule has 36 heteroatoms. The maximum absolute atomic E-state index is 14.8. The predicted octanol–water partition coefficient (Wildman–Crippen LogP) is -4.44. The van der Waals surface area contributed by atoms with E-state index in [4.69, 9.17) is 22.9 Å². The highest BCUT2D eigenvalue weighted by Gasteiger charge is 2.46. The van der Waals surface area contributed by atoms with Gasteiger partial charge in [-0.15, -0.1) is 0 Å². The van der Waals surface area contributed by atoms with Crippen molar-refractivity contribution in [2.45, 2.75) is 197 Å². The number of unbranched alkanes of at least 4 members (excludes halogenated alkanes) is 1. The number of likely N-dealkylation sites (tertiary alicyclic amines) is 2. The monoisotopic (exact) mass is 1480 g/mol. The molecule has 2 heterocycles. The number of amides is 12. The number of hydrogen-bond donors (Lipinski definition) is 20. The van der Waals surface area contributed by atoms with Crippen LogP contribution in [0.4, 0.5) is 0 Å². The average Bonchev–Trinajstić information content (AvgIpc) is 1.65. The molecule has 0 bridgehead atoms. The van der Waals surface area contributed by atoms with Crippen LogP contribution in [-0.4, -0.2) is 242 Å². The summed E-state index contributed by atoms with van der Waals surface area (Å²) in [7, 11) is 0. The Morgan fingerprint density at radius 3 is 1.66 bits per heavy atom. The van der Waals surface area contributed by atoms with Crippen molar-refractivity contribution in [2.75, 3.05) is 50.8 Å². The molecule has 22 N–H and O–H groups in total. The molecule has 0 radical (unpaired) electrons. The van der Waals surface area contributed by atoms with E-state index in [-0.39, 0.29) is 101 Å². The molecule has 0 saturated carbocycles. The molecule has 0 aromatic heterocycles. The quantitative estimate of drug-likeness (QED) is 0.0129. The Kier molecular flexibility index (Phi) is 36.9. The van der Waals surface area contributed by atoms with E-state index in [2.05, 4.69) is 83.4 Å². The van der Waals surface area contributed by atoms with Crippen LogP contribution in [0, 0.1) is 11.8 Å². The van der Waals surface area contributed by atoms with Gasteiger partial charge in [0.15, 0.2) is 5.96 Å². The summed E-state index contributed by atoms with van der Waals surface area (Å²) in [4.78, 5) is 187. The number of phenols is 1. The number of aromatic hydroxyl groups is 1. The van der Waals surface area contributed by atoms with Gasteiger partial charge in [0.2, 0.25) is 70.9 Å². The number of aliphatic carboxylic acids is 1. The molecule has 4 rings (SSSR count). The normalized spacial score (nSPS) is 17.9. The first-order chi connectivity index (χ1) is 48.9. The molecule has 0 aliphatic carbocycles. The molecular weight excluding hydrogens is 1380 g/mol. The number of nitrogens with zero attached hydrogens (tertiary/aromatic N) is 3. The first-order valence-electron chi connectivity index (χ1n) is 34.6. The second-order valence-electron chi connectivity index (χ2n) is 25.8. The van der Waals surface area contributed by atoms with Crippen molar-refractivity contribution >= 4 is 108 Å². The summed E-state index contributed by atoms with van der Waals surface area (Å²) in [5.41, 5.74) is 23.5. The van der Waals surface area contributed by atoms with Crippen molar-refractivity contribution in [1.82, 2.24) is 63.0 Å². The fourth-order valence-corrected chi connectivity index (χ4v) is 11.9. The number of carboxylic acids is 1. The second kappa shape index (κ2) is 44.0. The second-order valence-corrected chi connectivity index (χ2v) is 26.5. The number of carbonyl (C=O) groups is 13. The fraction of sp³-hybridized carbons (Fsp3) is 0.612. The van der Waals surface area contributed by atoms with Crippen molar-refractivity contribution in [2.24, 2.45) is 39.8 Å². The number of thiol groups is 2. The van der Waals surface area contributed by atoms with E-state index in [1.54, 1.807) is 58.0 Å². The maximum Gasteiger partial charge on any atom is 0.326 e. The number of aliphatic hydroxyl groups is 2. The third-order valence-electron chi connectivity index (χ3n) is 18.0. The van der Waals surface area contributed by atoms with Crippen LogP contribution in [0.3, 0.4) is 0 Å². The Morgan fingerprint density at radius 1 is 0.573 bits per heavy atom. The number of aliphatic imine (C=N–C) groups is 1. The number of phenolic OH excluding ortho intramolecular Hbond substituents is 1. The molecular formula is C67H105N17O17S2. The minimum Gasteiger partial charge on any atom is -0.508 e. The highest BCUT2D eigenvalue weighted by Crippen LogP contribution is 2.28. The van der Waals surface area contributed by atoms with Gasteiger partial charge in [-0.1, -0.05) is 83.0 Å². The van der Waals surface area contributed by atoms with E-state index < -0.39 is 180 Å². The first-order valence-corrected chi connectivity index (χ1v) is 35.9. The Hall–Kier alpha value is -8.84. The van der Waals surface area contributed by atoms with Crippen molar-refractivity contribution in [3.05, 3.63) is 65.7 Å². The highest BCUT2D eigenvalue weighted by atomic mass is 32.1. The average molecular weight is 1480 g/mol. The van der Waals surface area contributed by atoms with Crippen LogP contribution >= 0.6 is 25.3 Å². The van der Waals surface area contributed by atoms with E-state index in [1.807, 2.05) is 0 Å². The van der Waals surface area contributed by atoms with Gasteiger partial charge in [-0.05, 0) is 106 Å². The molecule has 2 aliphatic rings. The molecule has 0 unspecified atom stereocenters. The van der Waals surface area contributed by atoms with Crippen LogP contribution in [0.5, 0.6) is 5.75 Å². The number of nitrogens with two attached hydrogens (primary N) is 4. The summed E-state index contributed by atoms with van der Waals surface area (Å²) in [6, 6.07) is -2.36. The lowest BCUT2D eigenvalue weighted by Gasteiger charge is -2.35. The smallest absolute Gasteiger partial charge is 0.326 e. The van der Waals surface area contributed by atoms with Gasteiger partial charge in [-0.3, -0.25) is 62.5 Å². The number of carbonyl (C=O) groups excluding carboxylic acids is 12. The summed E-state index contributed by atoms with van der Waals surface area (Å²) < 4.78 is 0. The lowest BCUT2D eigenvalue weighted by atomic mass is 9.96. The third kappa shape index (κ3) is 27.4. The molecule has 2 aromatic rings. The SMILES string of the molecule is CC[C@H](C)[C@H](NC(=O)[C@@H]1CCCN1C(=O)[C@@H]1CCCN1C(=O)[C@@H](NC(=O)[C@H](CO)NC(=O)[C@H](CCCCN)NC(=O)[C@@H](NC(=O)[C@H](Cc1ccc(O)cc1)NC(=O)[C@H](CCCN=C(N)N)NC(=O)CNC(=O)[C@@H](N)CS)[C@@H](C)O)[C@@H](C)CC)C(=O)N[C@@H](CS)C(=O)N[C@@H](Cc1ccccc1)C(=O)O. The van der Waals surface area contributed by atoms with Crippen LogP contribution in [0.2, 0.25) is 0 Å². The Labute approximate surface area is 609 Å². The highest BCUT2D eigenvalue weighted by molar-refractivity contribution is 7.80. The predicted molar refractivity (Wildman–Crippen MR) is 386 cm³/mol. The molecule has 15 atom stereocenters. The number of rotatable bonds is 43. The maximum atomic E-state index is 14.8. The molecule has 103 heavy (non-hydrogen) atoms. The van der Waals surface area contributed by atoms with Gasteiger partial charge in [-0.2, -0.15) is 25.3 Å². The number of guanidine groups is 1. The summed E-state index contributed by atoms with van der Waals surface area (Å²) in [5, 5.41) is 67.0. The summed E-state index contributed by atoms with van der Waals surface area (Å²) in [6.45, 7) is 6.83. The number of aliphatic hydroxyl groups excluding tert-OH is 2. The van der Waals surface area contributed by atoms with Gasteiger partial charge < -0.3 is 106 Å². The Balaban J connectivity index is 1.51. The molecule has 2 aliphatic heterocycles. The van der Waals surface area contributed by atoms with Gasteiger partial charge in [0, 0.05) is 44.0 Å². The number of nitrogens with one attached hydrogen (secondary N) is 10. The zero-order chi connectivity index (χ0) is 76.6. The minimum atomic E-state index is -1.85. The molecule has 2 saturated heterocycles. The van der Waals surface area contributed by atoms with Crippen LogP contribution in [0.15, 0.2) is 59.6 Å². The lowest BCUT2D eigenvalue weighted by Crippen LogP contribution is -2.62. The first kappa shape index (κ1) is 86.6. The van der Waals surface area contributed by atoms with Gasteiger partial charge in [0.25, 0.3) is 0 Å². The van der Waals surface area contributed by atoms with E-state index in [9.17, 15) is 82.8 Å². The number of carboxylic acid groups (broad SMARTS) is 1. The molecule has 2 fully saturated rings. The molecule has 572 valence electrons. The van der Waals surface area contributed by atoms with Gasteiger partial charge in [-0.25, -0.2) is 4.79 Å². The van der Waals surface area contributed by atoms with Crippen molar-refractivity contribution < 1.29 is 82.8 Å². The van der Waals surface area contributed by atoms with Crippen LogP contribution in [0.1, 0.15) is 116 Å². The zero-order valence-electron chi connectivity index (χ0n) is 58.8. The van der Waals surface area contributed by atoms with Crippen LogP contribution in [-0.2, 0) is 75.2 Å². The van der Waals surface area contributed by atoms with E-state index in [1.165, 1.54) is 34.1 Å². The third-order valence-corrected chi connectivity index (χ3v) is 18.7. The Bertz CT molecular complexity index is 3230. The van der Waals surface area contributed by atoms with Crippen LogP contribution in [0.25, 0.3) is 0 Å². The van der Waals surface area contributed by atoms with E-state index in [0.717, 1.165) is 6.92 Å². The molecule has 2 aromatic carbocycles. The molecule has 12 amide bonds. The number of benzene rings is 2. The zero-order valence-corrected chi connectivity index (χ0v) is 60.6. The van der Waals surface area contributed by atoms with E-state index in [0.29, 0.717) is 43.2 Å². The minimum absolute atomic E-state index is 0.0208. The standard InChI is InChI=1S/C67H105N17O17S2/c1-6-36(3)52(62(96)79-48(35-103)60(94)77-46(66(100)101)31-39-16-9-8-10-17-39)80-61(95)49-20-14-28-83(49)64(98)50-21-15-29-84(50)65(99)53(37(4)7-2)81-59(93)47(33-85)78-57(91)44(18-11-12-26-68)75-63(97)54(38(5)86)82-58(92)45(30-40-22-24-41(87)25-23-40)76-56(90)43(19-13-27-72-67(70)71)74-51(88)32-73-55(89)42(69)34-102/h8-10,16-17,22-25,36-38,42-50,52-54,85-87,102-103H,6-7,11-15,18-21,26-35,68-69H2,1-5H3,(H,73,89)(H,74,88)(H,75,97)(H,76,90)(H,77,94)(H,78,91)(H,79,96)(H,80,95)(H,81,93)(H,82,92)(H,100,101)(H4,70,71,72)/t36-,37-,38+,42-,43-,44-,45-,46-,47-,48-,49-,50-,52-,53-,54-/m0/s1. The summed E-state index contributed by atoms with van der Waals surface area (Å²) in [5.74, 6) is -13.1. The summed E-state index contributed by atoms with van der Waals surface area (Å²) in [6.07, 6.45) is 0.251. The van der Waals surface area contributed by atoms with Gasteiger partial charge in [0.1, 0.15) is 72.2 Å². The number of hydrogen-bond acceptors (Lipinski definition) is 21. The van der Waals surface area contributed by atoms with E-state index >= 15 is 0 Å². The largest absolute Gasteiger partial charge is 0.508 e. The van der Waals surface area contributed by atoms with Crippen LogP contribution < -0.4 is 76.1 Å². The van der Waals surface area contributed by atoms with Crippen molar-refractivity contribution in [3.63, 3.8) is 0 Å². The van der Waals surface area contributed by atoms with Crippen molar-refractivity contribution in [3.8, 4) is 5.75 Å². The molecule has 0 spiro atoms. The molecule has 34 nitrogen and oxygen atoms in total. The fourth-order valence-electron chi connectivity index (χ4n) is 11.5.